The lowest BCUT2D eigenvalue weighted by molar-refractivity contribution is -0.116. The fraction of sp³-hybridized carbons (Fsp3) is 0.333. The first-order valence-corrected chi connectivity index (χ1v) is 11.6. The highest BCUT2D eigenvalue weighted by Crippen LogP contribution is 2.28. The molecule has 35 heavy (non-hydrogen) atoms. The van der Waals surface area contributed by atoms with Gasteiger partial charge < -0.3 is 25.8 Å². The van der Waals surface area contributed by atoms with E-state index in [1.165, 1.54) is 0 Å². The lowest BCUT2D eigenvalue weighted by Gasteiger charge is -2.12. The van der Waals surface area contributed by atoms with Gasteiger partial charge in [0.05, 0.1) is 23.9 Å². The Morgan fingerprint density at radius 2 is 1.83 bits per heavy atom. The zero-order valence-electron chi connectivity index (χ0n) is 19.9. The van der Waals surface area contributed by atoms with Crippen molar-refractivity contribution in [2.45, 2.75) is 33.7 Å². The Balaban J connectivity index is 1.56. The summed E-state index contributed by atoms with van der Waals surface area (Å²) < 4.78 is 12.4. The third-order valence-corrected chi connectivity index (χ3v) is 5.30. The summed E-state index contributed by atoms with van der Waals surface area (Å²) in [6.45, 7) is 6.90. The first-order valence-electron chi connectivity index (χ1n) is 11.2. The quantitative estimate of drug-likeness (QED) is 0.368. The van der Waals surface area contributed by atoms with Gasteiger partial charge in [-0.15, -0.1) is 5.10 Å². The number of anilines is 2. The van der Waals surface area contributed by atoms with Crippen LogP contribution in [0.1, 0.15) is 35.5 Å². The average molecular weight is 501 g/mol. The Kier molecular flexibility index (Phi) is 8.91. The predicted molar refractivity (Wildman–Crippen MR) is 134 cm³/mol. The summed E-state index contributed by atoms with van der Waals surface area (Å²) in [5.74, 6) is 0.453. The number of benzene rings is 2. The number of ether oxygens (including phenoxy) is 2. The van der Waals surface area contributed by atoms with Crippen LogP contribution in [0.15, 0.2) is 36.4 Å². The first-order chi connectivity index (χ1) is 16.8. The van der Waals surface area contributed by atoms with E-state index in [0.29, 0.717) is 48.4 Å². The molecule has 2 amide bonds. The van der Waals surface area contributed by atoms with Gasteiger partial charge in [0.1, 0.15) is 6.54 Å². The lowest BCUT2D eigenvalue weighted by Crippen LogP contribution is -2.27. The van der Waals surface area contributed by atoms with Crippen LogP contribution in [0.25, 0.3) is 0 Å². The molecule has 0 aliphatic carbocycles. The van der Waals surface area contributed by atoms with Gasteiger partial charge in [-0.05, 0) is 62.6 Å². The maximum atomic E-state index is 12.6. The second kappa shape index (κ2) is 12.1. The molecule has 3 rings (SSSR count). The van der Waals surface area contributed by atoms with E-state index in [1.807, 2.05) is 45.0 Å². The molecule has 0 spiro atoms. The number of rotatable bonds is 11. The Morgan fingerprint density at radius 3 is 2.54 bits per heavy atom. The summed E-state index contributed by atoms with van der Waals surface area (Å²) in [6.07, 6.45) is 0.561. The largest absolute Gasteiger partial charge is 0.490 e. The lowest BCUT2D eigenvalue weighted by atomic mass is 10.1. The highest BCUT2D eigenvalue weighted by atomic mass is 35.5. The van der Waals surface area contributed by atoms with Gasteiger partial charge in [-0.3, -0.25) is 9.59 Å². The smallest absolute Gasteiger partial charge is 0.275 e. The number of nitrogen functional groups attached to an aromatic ring is 1. The van der Waals surface area contributed by atoms with Gasteiger partial charge in [0.25, 0.3) is 5.91 Å². The number of hydrogen-bond donors (Lipinski definition) is 3. The van der Waals surface area contributed by atoms with E-state index in [0.717, 1.165) is 15.8 Å². The third-order valence-electron chi connectivity index (χ3n) is 4.99. The average Bonchev–Trinajstić information content (AvgIpc) is 3.17. The number of nitrogens with one attached hydrogen (secondary N) is 2. The van der Waals surface area contributed by atoms with Crippen LogP contribution >= 0.6 is 11.6 Å². The van der Waals surface area contributed by atoms with Gasteiger partial charge in [0.15, 0.2) is 23.0 Å². The standard InChI is InChI=1S/C24H29ClN6O4/c1-4-34-19-9-7-16(13-20(19)35-5-2)10-11-27-24(33)22-23(26)31(30-29-22)14-21(32)28-18-8-6-15(3)12-17(18)25/h6-9,12-13H,4-5,10-11,14,26H2,1-3H3,(H,27,33)(H,28,32). The Hall–Kier alpha value is -3.79. The second-order valence-electron chi connectivity index (χ2n) is 7.67. The monoisotopic (exact) mass is 500 g/mol. The number of carbonyl (C=O) groups is 2. The zero-order valence-corrected chi connectivity index (χ0v) is 20.7. The van der Waals surface area contributed by atoms with Crippen molar-refractivity contribution in [2.75, 3.05) is 30.8 Å². The van der Waals surface area contributed by atoms with Gasteiger partial charge in [-0.1, -0.05) is 28.9 Å². The number of carbonyl (C=O) groups excluding carboxylic acids is 2. The van der Waals surface area contributed by atoms with Crippen LogP contribution < -0.4 is 25.8 Å². The van der Waals surface area contributed by atoms with Crippen molar-refractivity contribution in [3.8, 4) is 11.5 Å². The minimum Gasteiger partial charge on any atom is -0.490 e. The van der Waals surface area contributed by atoms with E-state index in [1.54, 1.807) is 12.1 Å². The van der Waals surface area contributed by atoms with E-state index in [9.17, 15) is 9.59 Å². The Bertz CT molecular complexity index is 1200. The molecule has 186 valence electrons. The highest BCUT2D eigenvalue weighted by Gasteiger charge is 2.19. The Labute approximate surface area is 208 Å². The third kappa shape index (κ3) is 6.86. The van der Waals surface area contributed by atoms with E-state index >= 15 is 0 Å². The van der Waals surface area contributed by atoms with Crippen molar-refractivity contribution in [2.24, 2.45) is 0 Å². The number of amides is 2. The summed E-state index contributed by atoms with van der Waals surface area (Å²) in [5, 5.41) is 13.6. The minimum absolute atomic E-state index is 0.00708. The van der Waals surface area contributed by atoms with Crippen molar-refractivity contribution in [3.05, 3.63) is 58.2 Å². The fourth-order valence-corrected chi connectivity index (χ4v) is 3.58. The van der Waals surface area contributed by atoms with Crippen LogP contribution in [0.3, 0.4) is 0 Å². The maximum Gasteiger partial charge on any atom is 0.275 e. The van der Waals surface area contributed by atoms with E-state index in [2.05, 4.69) is 20.9 Å². The van der Waals surface area contributed by atoms with E-state index in [-0.39, 0.29) is 18.1 Å². The van der Waals surface area contributed by atoms with Crippen LogP contribution in [-0.4, -0.2) is 46.6 Å². The van der Waals surface area contributed by atoms with Crippen LogP contribution in [0.4, 0.5) is 11.5 Å². The molecular weight excluding hydrogens is 472 g/mol. The summed E-state index contributed by atoms with van der Waals surface area (Å²) >= 11 is 6.15. The number of aryl methyl sites for hydroxylation is 1. The van der Waals surface area contributed by atoms with Crippen LogP contribution in [0.5, 0.6) is 11.5 Å². The number of aromatic nitrogens is 3. The molecule has 4 N–H and O–H groups in total. The molecule has 1 aromatic heterocycles. The highest BCUT2D eigenvalue weighted by molar-refractivity contribution is 6.33. The van der Waals surface area contributed by atoms with Gasteiger partial charge in [-0.25, -0.2) is 4.68 Å². The molecule has 0 saturated heterocycles. The summed E-state index contributed by atoms with van der Waals surface area (Å²) in [5.41, 5.74) is 8.39. The SMILES string of the molecule is CCOc1ccc(CCNC(=O)c2nnn(CC(=O)Nc3ccc(C)cc3Cl)c2N)cc1OCC. The molecule has 0 aliphatic rings. The number of halogens is 1. The molecule has 1 heterocycles. The van der Waals surface area contributed by atoms with Crippen LogP contribution in [0.2, 0.25) is 5.02 Å². The summed E-state index contributed by atoms with van der Waals surface area (Å²) in [7, 11) is 0. The molecular formula is C24H29ClN6O4. The van der Waals surface area contributed by atoms with Crippen molar-refractivity contribution < 1.29 is 19.1 Å². The molecule has 0 atom stereocenters. The number of hydrogen-bond acceptors (Lipinski definition) is 7. The molecule has 0 unspecified atom stereocenters. The molecule has 0 aliphatic heterocycles. The van der Waals surface area contributed by atoms with Crippen LogP contribution in [0, 0.1) is 6.92 Å². The molecule has 10 nitrogen and oxygen atoms in total. The van der Waals surface area contributed by atoms with Crippen molar-refractivity contribution in [1.82, 2.24) is 20.3 Å². The van der Waals surface area contributed by atoms with Gasteiger partial charge in [0.2, 0.25) is 5.91 Å². The normalized spacial score (nSPS) is 10.6. The van der Waals surface area contributed by atoms with Gasteiger partial charge >= 0.3 is 0 Å². The molecule has 0 fully saturated rings. The molecule has 3 aromatic rings. The first kappa shape index (κ1) is 25.8. The van der Waals surface area contributed by atoms with Gasteiger partial charge in [0, 0.05) is 6.54 Å². The van der Waals surface area contributed by atoms with Crippen LogP contribution in [-0.2, 0) is 17.8 Å². The number of nitrogens with zero attached hydrogens (tertiary/aromatic N) is 3. The van der Waals surface area contributed by atoms with E-state index in [4.69, 9.17) is 26.8 Å². The molecule has 0 saturated carbocycles. The minimum atomic E-state index is -0.480. The maximum absolute atomic E-state index is 12.6. The Morgan fingerprint density at radius 1 is 1.09 bits per heavy atom. The van der Waals surface area contributed by atoms with Crippen molar-refractivity contribution >= 4 is 34.9 Å². The van der Waals surface area contributed by atoms with Gasteiger partial charge in [-0.2, -0.15) is 0 Å². The predicted octanol–water partition coefficient (Wildman–Crippen LogP) is 3.23. The van der Waals surface area contributed by atoms with E-state index < -0.39 is 11.8 Å². The molecule has 0 radical (unpaired) electrons. The number of nitrogens with two attached hydrogens (primary N) is 1. The molecule has 2 aromatic carbocycles. The fourth-order valence-electron chi connectivity index (χ4n) is 3.30. The van der Waals surface area contributed by atoms with Crippen molar-refractivity contribution in [3.63, 3.8) is 0 Å². The molecule has 0 bridgehead atoms. The summed E-state index contributed by atoms with van der Waals surface area (Å²) in [6, 6.07) is 10.9. The topological polar surface area (TPSA) is 133 Å². The summed E-state index contributed by atoms with van der Waals surface area (Å²) in [4.78, 5) is 24.9. The van der Waals surface area contributed by atoms with Crippen molar-refractivity contribution in [1.29, 1.82) is 0 Å². The zero-order chi connectivity index (χ0) is 25.4. The second-order valence-corrected chi connectivity index (χ2v) is 8.07. The molecule has 11 heteroatoms.